The van der Waals surface area contributed by atoms with E-state index < -0.39 is 0 Å². The molecule has 0 amide bonds. The lowest BCUT2D eigenvalue weighted by Crippen LogP contribution is -2.32. The molecule has 2 aliphatic rings. The average Bonchev–Trinajstić information content (AvgIpc) is 2.57. The Morgan fingerprint density at radius 3 is 2.43 bits per heavy atom. The van der Waals surface area contributed by atoms with Gasteiger partial charge in [-0.2, -0.15) is 0 Å². The second kappa shape index (κ2) is 3.44. The van der Waals surface area contributed by atoms with Gasteiger partial charge >= 0.3 is 0 Å². The standard InChI is InChI=1S/C11H21N3/c1-7(2)9-5-14-6-10(8(3)4)13-11(14)12-9/h7-10H,5-6H2,1-4H3,(H,12,13)/t9-,10-/m0/s1. The van der Waals surface area contributed by atoms with E-state index in [1.165, 1.54) is 0 Å². The van der Waals surface area contributed by atoms with Crippen LogP contribution >= 0.6 is 0 Å². The highest BCUT2D eigenvalue weighted by molar-refractivity contribution is 5.84. The van der Waals surface area contributed by atoms with Crippen LogP contribution < -0.4 is 5.32 Å². The number of nitrogens with one attached hydrogen (secondary N) is 1. The van der Waals surface area contributed by atoms with Gasteiger partial charge in [-0.1, -0.05) is 27.7 Å². The summed E-state index contributed by atoms with van der Waals surface area (Å²) < 4.78 is 0. The molecule has 14 heavy (non-hydrogen) atoms. The molecule has 0 unspecified atom stereocenters. The first-order valence-corrected chi connectivity index (χ1v) is 5.67. The Hall–Kier alpha value is -0.730. The van der Waals surface area contributed by atoms with Gasteiger partial charge in [0.25, 0.3) is 0 Å². The van der Waals surface area contributed by atoms with Crippen LogP contribution in [0.3, 0.4) is 0 Å². The van der Waals surface area contributed by atoms with Crippen LogP contribution in [0.25, 0.3) is 0 Å². The van der Waals surface area contributed by atoms with Crippen molar-refractivity contribution >= 4 is 5.96 Å². The van der Waals surface area contributed by atoms with Crippen molar-refractivity contribution in [3.05, 3.63) is 0 Å². The first kappa shape index (κ1) is 9.81. The molecule has 0 aromatic heterocycles. The highest BCUT2D eigenvalue weighted by Crippen LogP contribution is 2.21. The maximum Gasteiger partial charge on any atom is 0.194 e. The van der Waals surface area contributed by atoms with Crippen LogP contribution in [0.1, 0.15) is 27.7 Å². The molecule has 2 aliphatic heterocycles. The van der Waals surface area contributed by atoms with Gasteiger partial charge in [0.2, 0.25) is 0 Å². The van der Waals surface area contributed by atoms with E-state index in [2.05, 4.69) is 37.9 Å². The van der Waals surface area contributed by atoms with E-state index in [0.29, 0.717) is 23.9 Å². The van der Waals surface area contributed by atoms with Gasteiger partial charge in [-0.15, -0.1) is 0 Å². The molecule has 0 saturated carbocycles. The topological polar surface area (TPSA) is 27.6 Å². The molecule has 2 atom stereocenters. The predicted molar refractivity (Wildman–Crippen MR) is 59.4 cm³/mol. The quantitative estimate of drug-likeness (QED) is 0.719. The second-order valence-electron chi connectivity index (χ2n) is 5.16. The van der Waals surface area contributed by atoms with E-state index in [1.807, 2.05) is 0 Å². The first-order valence-electron chi connectivity index (χ1n) is 5.67. The van der Waals surface area contributed by atoms with Crippen LogP contribution in [-0.2, 0) is 0 Å². The van der Waals surface area contributed by atoms with Gasteiger partial charge in [0.1, 0.15) is 0 Å². The molecule has 0 radical (unpaired) electrons. The van der Waals surface area contributed by atoms with E-state index in [4.69, 9.17) is 4.99 Å². The zero-order valence-electron chi connectivity index (χ0n) is 9.62. The fourth-order valence-corrected chi connectivity index (χ4v) is 2.07. The number of hydrogen-bond acceptors (Lipinski definition) is 3. The van der Waals surface area contributed by atoms with E-state index in [0.717, 1.165) is 19.0 Å². The minimum absolute atomic E-state index is 0.505. The fraction of sp³-hybridized carbons (Fsp3) is 0.909. The van der Waals surface area contributed by atoms with Crippen LogP contribution in [0, 0.1) is 11.8 Å². The van der Waals surface area contributed by atoms with Crippen LogP contribution in [0.15, 0.2) is 4.99 Å². The zero-order valence-corrected chi connectivity index (χ0v) is 9.62. The van der Waals surface area contributed by atoms with Gasteiger partial charge < -0.3 is 10.2 Å². The summed E-state index contributed by atoms with van der Waals surface area (Å²) in [7, 11) is 0. The highest BCUT2D eigenvalue weighted by atomic mass is 15.4. The minimum atomic E-state index is 0.505. The maximum absolute atomic E-state index is 4.71. The molecule has 3 heteroatoms. The van der Waals surface area contributed by atoms with Crippen molar-refractivity contribution < 1.29 is 0 Å². The Morgan fingerprint density at radius 2 is 1.93 bits per heavy atom. The molecule has 1 fully saturated rings. The van der Waals surface area contributed by atoms with Gasteiger partial charge in [-0.25, -0.2) is 4.99 Å². The number of aliphatic imine (C=N–C) groups is 1. The van der Waals surface area contributed by atoms with Crippen molar-refractivity contribution in [1.29, 1.82) is 0 Å². The lowest BCUT2D eigenvalue weighted by molar-refractivity contribution is 0.357. The molecule has 1 saturated heterocycles. The second-order valence-corrected chi connectivity index (χ2v) is 5.16. The van der Waals surface area contributed by atoms with E-state index in [1.54, 1.807) is 0 Å². The highest BCUT2D eigenvalue weighted by Gasteiger charge is 2.35. The van der Waals surface area contributed by atoms with Crippen molar-refractivity contribution in [2.75, 3.05) is 13.1 Å². The monoisotopic (exact) mass is 195 g/mol. The lowest BCUT2D eigenvalue weighted by Gasteiger charge is -2.18. The summed E-state index contributed by atoms with van der Waals surface area (Å²) in [4.78, 5) is 7.11. The van der Waals surface area contributed by atoms with Crippen LogP contribution in [0.2, 0.25) is 0 Å². The Morgan fingerprint density at radius 1 is 1.21 bits per heavy atom. The molecule has 3 nitrogen and oxygen atoms in total. The molecular formula is C11H21N3. The molecular weight excluding hydrogens is 174 g/mol. The summed E-state index contributed by atoms with van der Waals surface area (Å²) in [5.74, 6) is 2.50. The van der Waals surface area contributed by atoms with E-state index in [-0.39, 0.29) is 0 Å². The van der Waals surface area contributed by atoms with Crippen LogP contribution in [0.5, 0.6) is 0 Å². The summed E-state index contributed by atoms with van der Waals surface area (Å²) in [6, 6.07) is 1.10. The van der Waals surface area contributed by atoms with Gasteiger partial charge in [0, 0.05) is 19.1 Å². The molecule has 0 bridgehead atoms. The van der Waals surface area contributed by atoms with Crippen molar-refractivity contribution in [2.24, 2.45) is 16.8 Å². The molecule has 2 rings (SSSR count). The smallest absolute Gasteiger partial charge is 0.194 e. The van der Waals surface area contributed by atoms with Crippen molar-refractivity contribution in [3.8, 4) is 0 Å². The maximum atomic E-state index is 4.71. The van der Waals surface area contributed by atoms with Crippen LogP contribution in [0.4, 0.5) is 0 Å². The Bertz CT molecular complexity index is 245. The fourth-order valence-electron chi connectivity index (χ4n) is 2.07. The molecule has 0 spiro atoms. The lowest BCUT2D eigenvalue weighted by atomic mass is 10.0. The van der Waals surface area contributed by atoms with Crippen molar-refractivity contribution in [3.63, 3.8) is 0 Å². The normalized spacial score (nSPS) is 31.0. The molecule has 0 aliphatic carbocycles. The SMILES string of the molecule is CC(C)[C@@H]1CN2C[C@@H](C(C)C)NC2=N1. The Labute approximate surface area is 86.6 Å². The van der Waals surface area contributed by atoms with E-state index in [9.17, 15) is 0 Å². The third-order valence-electron chi connectivity index (χ3n) is 3.30. The van der Waals surface area contributed by atoms with Crippen molar-refractivity contribution in [2.45, 2.75) is 39.8 Å². The molecule has 0 aromatic rings. The van der Waals surface area contributed by atoms with E-state index >= 15 is 0 Å². The number of nitrogens with zero attached hydrogens (tertiary/aromatic N) is 2. The van der Waals surface area contributed by atoms with Crippen LogP contribution in [-0.4, -0.2) is 36.0 Å². The van der Waals surface area contributed by atoms with Gasteiger partial charge in [-0.3, -0.25) is 0 Å². The summed E-state index contributed by atoms with van der Waals surface area (Å²) >= 11 is 0. The third kappa shape index (κ3) is 1.60. The van der Waals surface area contributed by atoms with Crippen molar-refractivity contribution in [1.82, 2.24) is 10.2 Å². The molecule has 1 N–H and O–H groups in total. The number of rotatable bonds is 2. The summed E-state index contributed by atoms with van der Waals surface area (Å²) in [6.07, 6.45) is 0. The zero-order chi connectivity index (χ0) is 10.3. The number of fused-ring (bicyclic) bond motifs is 1. The van der Waals surface area contributed by atoms with Gasteiger partial charge in [0.05, 0.1) is 6.04 Å². The summed E-state index contributed by atoms with van der Waals surface area (Å²) in [5, 5.41) is 3.51. The van der Waals surface area contributed by atoms with Gasteiger partial charge in [0.15, 0.2) is 5.96 Å². The molecule has 2 heterocycles. The minimum Gasteiger partial charge on any atom is -0.351 e. The largest absolute Gasteiger partial charge is 0.351 e. The molecule has 0 aromatic carbocycles. The summed E-state index contributed by atoms with van der Waals surface area (Å²) in [6.45, 7) is 11.3. The number of guanidine groups is 1. The Balaban J connectivity index is 2.01. The Kier molecular flexibility index (Phi) is 2.41. The molecule has 80 valence electrons. The predicted octanol–water partition coefficient (Wildman–Crippen LogP) is 1.31. The summed E-state index contributed by atoms with van der Waals surface area (Å²) in [5.41, 5.74) is 0. The third-order valence-corrected chi connectivity index (χ3v) is 3.30. The number of hydrogen-bond donors (Lipinski definition) is 1. The first-order chi connectivity index (χ1) is 6.58. The average molecular weight is 195 g/mol. The van der Waals surface area contributed by atoms with Gasteiger partial charge in [-0.05, 0) is 11.8 Å².